The number of hydrogen-bond acceptors (Lipinski definition) is 3. The van der Waals surface area contributed by atoms with Crippen molar-refractivity contribution in [2.75, 3.05) is 0 Å². The summed E-state index contributed by atoms with van der Waals surface area (Å²) in [5.74, 6) is 0. The third kappa shape index (κ3) is 2.13. The normalized spacial score (nSPS) is 9.17. The summed E-state index contributed by atoms with van der Waals surface area (Å²) < 4.78 is 0. The van der Waals surface area contributed by atoms with Crippen molar-refractivity contribution in [3.63, 3.8) is 0 Å². The fraction of sp³-hybridized carbons (Fsp3) is 0.125. The van der Waals surface area contributed by atoms with Crippen LogP contribution in [-0.2, 0) is 6.54 Å². The van der Waals surface area contributed by atoms with Gasteiger partial charge in [-0.15, -0.1) is 0 Å². The highest BCUT2D eigenvalue weighted by Gasteiger charge is 1.98. The zero-order valence-corrected chi connectivity index (χ0v) is 7.82. The van der Waals surface area contributed by atoms with Crippen LogP contribution >= 0.6 is 23.8 Å². The van der Waals surface area contributed by atoms with Gasteiger partial charge >= 0.3 is 0 Å². The molecule has 2 nitrogen and oxygen atoms in total. The molecule has 0 heterocycles. The lowest BCUT2D eigenvalue weighted by Gasteiger charge is -2.00. The molecule has 1 aromatic rings. The van der Waals surface area contributed by atoms with Crippen LogP contribution in [0.1, 0.15) is 5.56 Å². The van der Waals surface area contributed by atoms with Crippen LogP contribution in [0.2, 0.25) is 5.02 Å². The monoisotopic (exact) mass is 198 g/mol. The first-order valence-corrected chi connectivity index (χ1v) is 4.13. The zero-order valence-electron chi connectivity index (χ0n) is 6.25. The maximum Gasteiger partial charge on any atom is 0.0785 e. The molecular weight excluding hydrogens is 192 g/mol. The topological polar surface area (TPSA) is 38.4 Å². The highest BCUT2D eigenvalue weighted by atomic mass is 35.5. The second-order valence-corrected chi connectivity index (χ2v) is 2.80. The van der Waals surface area contributed by atoms with Crippen molar-refractivity contribution in [2.24, 2.45) is 10.7 Å². The summed E-state index contributed by atoms with van der Waals surface area (Å²) in [6, 6.07) is 5.28. The van der Waals surface area contributed by atoms with Crippen molar-refractivity contribution < 1.29 is 0 Å². The van der Waals surface area contributed by atoms with E-state index in [4.69, 9.17) is 17.3 Å². The van der Waals surface area contributed by atoms with Gasteiger partial charge in [0.1, 0.15) is 0 Å². The van der Waals surface area contributed by atoms with E-state index in [1.807, 2.05) is 0 Å². The summed E-state index contributed by atoms with van der Waals surface area (Å²) in [6.45, 7) is 0.399. The fourth-order valence-electron chi connectivity index (χ4n) is 0.876. The van der Waals surface area contributed by atoms with Crippen LogP contribution in [0, 0.1) is 0 Å². The summed E-state index contributed by atoms with van der Waals surface area (Å²) in [4.78, 5) is 3.84. The fourth-order valence-corrected chi connectivity index (χ4v) is 1.17. The summed E-state index contributed by atoms with van der Waals surface area (Å²) in [5, 5.41) is 2.94. The van der Waals surface area contributed by atoms with E-state index >= 15 is 0 Å². The van der Waals surface area contributed by atoms with E-state index in [1.165, 1.54) is 0 Å². The molecule has 0 amide bonds. The molecular formula is C8H7ClN2S. The molecule has 0 aliphatic rings. The Balaban J connectivity index is 3.19. The lowest BCUT2D eigenvalue weighted by atomic mass is 10.2. The van der Waals surface area contributed by atoms with Gasteiger partial charge in [-0.1, -0.05) is 11.6 Å². The maximum absolute atomic E-state index is 5.75. The van der Waals surface area contributed by atoms with Crippen molar-refractivity contribution in [3.05, 3.63) is 28.8 Å². The van der Waals surface area contributed by atoms with Gasteiger partial charge < -0.3 is 5.73 Å². The van der Waals surface area contributed by atoms with Crippen LogP contribution in [-0.4, -0.2) is 5.16 Å². The van der Waals surface area contributed by atoms with Gasteiger partial charge in [-0.05, 0) is 36.0 Å². The Hall–Kier alpha value is -0.730. The molecule has 4 heteroatoms. The number of thiocarbonyl (C=S) groups is 1. The van der Waals surface area contributed by atoms with E-state index in [2.05, 4.69) is 22.4 Å². The molecule has 0 radical (unpaired) electrons. The van der Waals surface area contributed by atoms with Gasteiger partial charge in [0.15, 0.2) is 0 Å². The molecule has 2 N–H and O–H groups in total. The first-order valence-electron chi connectivity index (χ1n) is 3.34. The Labute approximate surface area is 81.1 Å². The molecule has 0 spiro atoms. The third-order valence-electron chi connectivity index (χ3n) is 1.43. The summed E-state index contributed by atoms with van der Waals surface area (Å²) in [7, 11) is 0. The highest BCUT2D eigenvalue weighted by molar-refractivity contribution is 7.78. The van der Waals surface area contributed by atoms with Crippen molar-refractivity contribution in [3.8, 4) is 0 Å². The summed E-state index contributed by atoms with van der Waals surface area (Å²) >= 11 is 10.2. The van der Waals surface area contributed by atoms with Gasteiger partial charge in [0, 0.05) is 11.6 Å². The summed E-state index contributed by atoms with van der Waals surface area (Å²) in [6.07, 6.45) is 0. The highest BCUT2D eigenvalue weighted by Crippen LogP contribution is 2.22. The number of hydrogen-bond donors (Lipinski definition) is 1. The molecule has 62 valence electrons. The van der Waals surface area contributed by atoms with Crippen molar-refractivity contribution in [1.82, 2.24) is 0 Å². The number of aliphatic imine (C=N–C) groups is 1. The van der Waals surface area contributed by atoms with Crippen molar-refractivity contribution >= 4 is 34.7 Å². The third-order valence-corrected chi connectivity index (χ3v) is 1.75. The Morgan fingerprint density at radius 3 is 2.92 bits per heavy atom. The number of isothiocyanates is 1. The van der Waals surface area contributed by atoms with Gasteiger partial charge in [-0.2, -0.15) is 4.99 Å². The molecule has 0 atom stereocenters. The first kappa shape index (κ1) is 9.36. The van der Waals surface area contributed by atoms with Crippen LogP contribution in [0.4, 0.5) is 5.69 Å². The molecule has 0 aliphatic carbocycles. The molecule has 1 rings (SSSR count). The van der Waals surface area contributed by atoms with Crippen LogP contribution in [0.25, 0.3) is 0 Å². The van der Waals surface area contributed by atoms with Crippen molar-refractivity contribution in [2.45, 2.75) is 6.54 Å². The Bertz CT molecular complexity index is 332. The second kappa shape index (κ2) is 4.33. The van der Waals surface area contributed by atoms with Gasteiger partial charge in [0.05, 0.1) is 10.8 Å². The molecule has 0 unspecified atom stereocenters. The average molecular weight is 199 g/mol. The molecule has 0 aromatic heterocycles. The van der Waals surface area contributed by atoms with Crippen LogP contribution in [0.5, 0.6) is 0 Å². The zero-order chi connectivity index (χ0) is 8.97. The SMILES string of the molecule is NCc1cc(Cl)ccc1N=C=S. The van der Waals surface area contributed by atoms with E-state index in [1.54, 1.807) is 18.2 Å². The van der Waals surface area contributed by atoms with E-state index in [-0.39, 0.29) is 0 Å². The Kier molecular flexibility index (Phi) is 3.38. The molecule has 0 saturated heterocycles. The Morgan fingerprint density at radius 2 is 2.33 bits per heavy atom. The van der Waals surface area contributed by atoms with E-state index in [0.717, 1.165) is 11.3 Å². The van der Waals surface area contributed by atoms with Crippen LogP contribution in [0.3, 0.4) is 0 Å². The molecule has 0 aliphatic heterocycles. The van der Waals surface area contributed by atoms with Gasteiger partial charge in [0.2, 0.25) is 0 Å². The predicted molar refractivity (Wildman–Crippen MR) is 54.0 cm³/mol. The maximum atomic E-state index is 5.75. The van der Waals surface area contributed by atoms with E-state index < -0.39 is 0 Å². The van der Waals surface area contributed by atoms with Crippen LogP contribution < -0.4 is 5.73 Å². The van der Waals surface area contributed by atoms with E-state index in [9.17, 15) is 0 Å². The number of halogens is 1. The smallest absolute Gasteiger partial charge is 0.0785 e. The average Bonchev–Trinajstić information content (AvgIpc) is 2.08. The predicted octanol–water partition coefficient (Wildman–Crippen LogP) is 2.53. The summed E-state index contributed by atoms with van der Waals surface area (Å²) in [5.41, 5.74) is 7.08. The number of nitrogens with two attached hydrogens (primary N) is 1. The second-order valence-electron chi connectivity index (χ2n) is 2.18. The lowest BCUT2D eigenvalue weighted by Crippen LogP contribution is -1.96. The molecule has 0 fully saturated rings. The number of benzene rings is 1. The minimum atomic E-state index is 0.399. The lowest BCUT2D eigenvalue weighted by molar-refractivity contribution is 1.07. The first-order chi connectivity index (χ1) is 5.77. The van der Waals surface area contributed by atoms with E-state index in [0.29, 0.717) is 11.6 Å². The van der Waals surface area contributed by atoms with Crippen molar-refractivity contribution in [1.29, 1.82) is 0 Å². The Morgan fingerprint density at radius 1 is 1.58 bits per heavy atom. The number of rotatable bonds is 2. The van der Waals surface area contributed by atoms with Gasteiger partial charge in [0.25, 0.3) is 0 Å². The molecule has 0 bridgehead atoms. The minimum Gasteiger partial charge on any atom is -0.326 e. The quantitative estimate of drug-likeness (QED) is 0.586. The molecule has 1 aromatic carbocycles. The van der Waals surface area contributed by atoms with Crippen LogP contribution in [0.15, 0.2) is 23.2 Å². The number of nitrogens with zero attached hydrogens (tertiary/aromatic N) is 1. The molecule has 12 heavy (non-hydrogen) atoms. The van der Waals surface area contributed by atoms with Gasteiger partial charge in [-0.3, -0.25) is 0 Å². The minimum absolute atomic E-state index is 0.399. The van der Waals surface area contributed by atoms with Gasteiger partial charge in [-0.25, -0.2) is 0 Å². The standard InChI is InChI=1S/C8H7ClN2S/c9-7-1-2-8(11-5-12)6(3-7)4-10/h1-3H,4,10H2. The molecule has 0 saturated carbocycles. The largest absolute Gasteiger partial charge is 0.326 e.